The topological polar surface area (TPSA) is 55.1 Å². The summed E-state index contributed by atoms with van der Waals surface area (Å²) in [6.45, 7) is 2.11. The first-order valence-electron chi connectivity index (χ1n) is 6.13. The van der Waals surface area contributed by atoms with Crippen LogP contribution >= 0.6 is 15.9 Å². The minimum Gasteiger partial charge on any atom is -0.330 e. The molecular formula is C13H16BrF3N2O. The number of anilines is 1. The van der Waals surface area contributed by atoms with Gasteiger partial charge >= 0.3 is 6.18 Å². The van der Waals surface area contributed by atoms with E-state index >= 15 is 0 Å². The summed E-state index contributed by atoms with van der Waals surface area (Å²) in [5.41, 5.74) is 4.24. The molecule has 1 rings (SSSR count). The van der Waals surface area contributed by atoms with Gasteiger partial charge < -0.3 is 11.1 Å². The van der Waals surface area contributed by atoms with Crippen molar-refractivity contribution in [1.29, 1.82) is 0 Å². The van der Waals surface area contributed by atoms with Gasteiger partial charge in [0.05, 0.1) is 11.3 Å². The van der Waals surface area contributed by atoms with Crippen molar-refractivity contribution >= 4 is 27.5 Å². The molecule has 112 valence electrons. The van der Waals surface area contributed by atoms with Crippen LogP contribution in [0.15, 0.2) is 22.7 Å². The van der Waals surface area contributed by atoms with Gasteiger partial charge in [-0.2, -0.15) is 13.2 Å². The van der Waals surface area contributed by atoms with Crippen molar-refractivity contribution in [3.63, 3.8) is 0 Å². The van der Waals surface area contributed by atoms with Gasteiger partial charge in [-0.25, -0.2) is 0 Å². The molecular weight excluding hydrogens is 337 g/mol. The van der Waals surface area contributed by atoms with E-state index in [0.29, 0.717) is 23.9 Å². The normalized spacial score (nSPS) is 13.1. The highest BCUT2D eigenvalue weighted by atomic mass is 79.9. The van der Waals surface area contributed by atoms with Crippen LogP contribution in [-0.4, -0.2) is 12.5 Å². The van der Waals surface area contributed by atoms with Crippen LogP contribution in [0.4, 0.5) is 18.9 Å². The monoisotopic (exact) mass is 352 g/mol. The zero-order valence-electron chi connectivity index (χ0n) is 10.9. The van der Waals surface area contributed by atoms with Gasteiger partial charge in [-0.15, -0.1) is 0 Å². The number of hydrogen-bond acceptors (Lipinski definition) is 2. The fourth-order valence-corrected chi connectivity index (χ4v) is 2.03. The molecule has 20 heavy (non-hydrogen) atoms. The van der Waals surface area contributed by atoms with Gasteiger partial charge in [0.15, 0.2) is 0 Å². The Bertz CT molecular complexity index is 477. The third-order valence-electron chi connectivity index (χ3n) is 2.83. The number of rotatable bonds is 5. The van der Waals surface area contributed by atoms with Crippen molar-refractivity contribution in [2.75, 3.05) is 11.9 Å². The summed E-state index contributed by atoms with van der Waals surface area (Å²) in [6.07, 6.45) is -3.33. The Balaban J connectivity index is 2.90. The van der Waals surface area contributed by atoms with Crippen LogP contribution in [0.25, 0.3) is 0 Å². The SMILES string of the molecule is CC(CCCN)C(=O)Nc1ccc(Br)cc1C(F)(F)F. The van der Waals surface area contributed by atoms with Crippen molar-refractivity contribution in [3.8, 4) is 0 Å². The highest BCUT2D eigenvalue weighted by Crippen LogP contribution is 2.36. The van der Waals surface area contributed by atoms with Gasteiger partial charge in [-0.3, -0.25) is 4.79 Å². The van der Waals surface area contributed by atoms with E-state index in [1.807, 2.05) is 0 Å². The maximum Gasteiger partial charge on any atom is 0.418 e. The van der Waals surface area contributed by atoms with E-state index in [9.17, 15) is 18.0 Å². The predicted molar refractivity (Wildman–Crippen MR) is 75.2 cm³/mol. The third kappa shape index (κ3) is 4.79. The van der Waals surface area contributed by atoms with Crippen molar-refractivity contribution in [2.45, 2.75) is 25.9 Å². The molecule has 0 bridgehead atoms. The zero-order valence-corrected chi connectivity index (χ0v) is 12.5. The molecule has 0 aliphatic carbocycles. The van der Waals surface area contributed by atoms with Crippen molar-refractivity contribution in [3.05, 3.63) is 28.2 Å². The summed E-state index contributed by atoms with van der Waals surface area (Å²) in [6, 6.07) is 3.63. The standard InChI is InChI=1S/C13H16BrF3N2O/c1-8(3-2-6-18)12(20)19-11-5-4-9(14)7-10(11)13(15,16)17/h4-5,7-8H,2-3,6,18H2,1H3,(H,19,20). The molecule has 1 unspecified atom stereocenters. The van der Waals surface area contributed by atoms with E-state index in [2.05, 4.69) is 21.2 Å². The van der Waals surface area contributed by atoms with E-state index < -0.39 is 17.6 Å². The number of benzene rings is 1. The van der Waals surface area contributed by atoms with Crippen LogP contribution in [0, 0.1) is 5.92 Å². The first-order chi connectivity index (χ1) is 9.25. The lowest BCUT2D eigenvalue weighted by Gasteiger charge is -2.16. The summed E-state index contributed by atoms with van der Waals surface area (Å²) in [5.74, 6) is -0.824. The van der Waals surface area contributed by atoms with E-state index in [1.54, 1.807) is 6.92 Å². The lowest BCUT2D eigenvalue weighted by atomic mass is 10.0. The Labute approximate surface area is 123 Å². The molecule has 3 nitrogen and oxygen atoms in total. The maximum atomic E-state index is 12.9. The van der Waals surface area contributed by atoms with Gasteiger partial charge in [0.1, 0.15) is 0 Å². The van der Waals surface area contributed by atoms with Crippen LogP contribution in [0.1, 0.15) is 25.3 Å². The first-order valence-corrected chi connectivity index (χ1v) is 6.92. The summed E-state index contributed by atoms with van der Waals surface area (Å²) in [7, 11) is 0. The highest BCUT2D eigenvalue weighted by Gasteiger charge is 2.34. The molecule has 0 heterocycles. The van der Waals surface area contributed by atoms with E-state index in [1.165, 1.54) is 12.1 Å². The van der Waals surface area contributed by atoms with E-state index in [0.717, 1.165) is 6.07 Å². The number of nitrogens with one attached hydrogen (secondary N) is 1. The molecule has 7 heteroatoms. The Hall–Kier alpha value is -1.08. The predicted octanol–water partition coefficient (Wildman–Crippen LogP) is 3.78. The number of nitrogens with two attached hydrogens (primary N) is 1. The van der Waals surface area contributed by atoms with Gasteiger partial charge in [0.2, 0.25) is 5.91 Å². The van der Waals surface area contributed by atoms with Crippen LogP contribution in [0.5, 0.6) is 0 Å². The number of halogens is 4. The second-order valence-corrected chi connectivity index (χ2v) is 5.42. The summed E-state index contributed by atoms with van der Waals surface area (Å²) in [5, 5.41) is 2.33. The smallest absolute Gasteiger partial charge is 0.330 e. The molecule has 1 aromatic carbocycles. The Morgan fingerprint density at radius 2 is 2.10 bits per heavy atom. The number of hydrogen-bond donors (Lipinski definition) is 2. The fraction of sp³-hybridized carbons (Fsp3) is 0.462. The number of amides is 1. The first kappa shape index (κ1) is 17.0. The van der Waals surface area contributed by atoms with Crippen molar-refractivity contribution in [2.24, 2.45) is 11.7 Å². The molecule has 0 aliphatic rings. The summed E-state index contributed by atoms with van der Waals surface area (Å²) in [4.78, 5) is 11.9. The van der Waals surface area contributed by atoms with Crippen LogP contribution in [0.2, 0.25) is 0 Å². The molecule has 1 aromatic rings. The third-order valence-corrected chi connectivity index (χ3v) is 3.33. The summed E-state index contributed by atoms with van der Waals surface area (Å²) >= 11 is 2.99. The Morgan fingerprint density at radius 1 is 1.45 bits per heavy atom. The van der Waals surface area contributed by atoms with Crippen LogP contribution in [0.3, 0.4) is 0 Å². The Kier molecular flexibility index (Phi) is 6.01. The number of carbonyl (C=O) groups is 1. The Morgan fingerprint density at radius 3 is 2.65 bits per heavy atom. The van der Waals surface area contributed by atoms with Gasteiger partial charge in [-0.1, -0.05) is 22.9 Å². The second-order valence-electron chi connectivity index (χ2n) is 4.51. The quantitative estimate of drug-likeness (QED) is 0.847. The average Bonchev–Trinajstić information content (AvgIpc) is 2.36. The van der Waals surface area contributed by atoms with E-state index in [4.69, 9.17) is 5.73 Å². The lowest BCUT2D eigenvalue weighted by molar-refractivity contribution is -0.137. The molecule has 0 saturated carbocycles. The number of alkyl halides is 3. The minimum absolute atomic E-state index is 0.231. The van der Waals surface area contributed by atoms with Crippen molar-refractivity contribution in [1.82, 2.24) is 0 Å². The van der Waals surface area contributed by atoms with Gasteiger partial charge in [-0.05, 0) is 37.6 Å². The molecule has 0 fully saturated rings. The van der Waals surface area contributed by atoms with Crippen molar-refractivity contribution < 1.29 is 18.0 Å². The lowest BCUT2D eigenvalue weighted by Crippen LogP contribution is -2.23. The van der Waals surface area contributed by atoms with Crippen LogP contribution < -0.4 is 11.1 Å². The fourth-order valence-electron chi connectivity index (χ4n) is 1.67. The summed E-state index contributed by atoms with van der Waals surface area (Å²) < 4.78 is 39.0. The molecule has 0 aromatic heterocycles. The molecule has 0 spiro atoms. The molecule has 0 saturated heterocycles. The minimum atomic E-state index is -4.52. The molecule has 1 atom stereocenters. The molecule has 0 aliphatic heterocycles. The zero-order chi connectivity index (χ0) is 15.3. The highest BCUT2D eigenvalue weighted by molar-refractivity contribution is 9.10. The number of carbonyl (C=O) groups excluding carboxylic acids is 1. The van der Waals surface area contributed by atoms with Gasteiger partial charge in [0, 0.05) is 10.4 Å². The van der Waals surface area contributed by atoms with Gasteiger partial charge in [0.25, 0.3) is 0 Å². The molecule has 0 radical (unpaired) electrons. The largest absolute Gasteiger partial charge is 0.418 e. The maximum absolute atomic E-state index is 12.9. The molecule has 3 N–H and O–H groups in total. The van der Waals surface area contributed by atoms with E-state index in [-0.39, 0.29) is 11.6 Å². The van der Waals surface area contributed by atoms with Crippen LogP contribution in [-0.2, 0) is 11.0 Å². The molecule has 1 amide bonds. The second kappa shape index (κ2) is 7.08. The average molecular weight is 353 g/mol.